The SMILES string of the molecule is CCCC=CN(C)C=CCCC. The van der Waals surface area contributed by atoms with Crippen LogP contribution in [0.4, 0.5) is 0 Å². The largest absolute Gasteiger partial charge is 0.358 e. The summed E-state index contributed by atoms with van der Waals surface area (Å²) in [5.41, 5.74) is 0. The van der Waals surface area contributed by atoms with Crippen molar-refractivity contribution in [2.75, 3.05) is 7.05 Å². The molecule has 0 fully saturated rings. The molecule has 0 atom stereocenters. The van der Waals surface area contributed by atoms with E-state index in [0.29, 0.717) is 0 Å². The smallest absolute Gasteiger partial charge is 0.0106 e. The van der Waals surface area contributed by atoms with Gasteiger partial charge in [0.25, 0.3) is 0 Å². The molecule has 0 unspecified atom stereocenters. The molecule has 0 spiro atoms. The van der Waals surface area contributed by atoms with Crippen LogP contribution < -0.4 is 0 Å². The van der Waals surface area contributed by atoms with Crippen molar-refractivity contribution in [3.8, 4) is 0 Å². The lowest BCUT2D eigenvalue weighted by molar-refractivity contribution is 0.617. The molecule has 0 aromatic carbocycles. The highest BCUT2D eigenvalue weighted by Crippen LogP contribution is 1.94. The van der Waals surface area contributed by atoms with Gasteiger partial charge in [-0.25, -0.2) is 0 Å². The molecule has 0 N–H and O–H groups in total. The summed E-state index contributed by atoms with van der Waals surface area (Å²) in [5, 5.41) is 0. The van der Waals surface area contributed by atoms with Crippen LogP contribution in [0, 0.1) is 0 Å². The molecule has 0 bridgehead atoms. The van der Waals surface area contributed by atoms with E-state index >= 15 is 0 Å². The van der Waals surface area contributed by atoms with Gasteiger partial charge in [-0.3, -0.25) is 0 Å². The minimum Gasteiger partial charge on any atom is -0.358 e. The van der Waals surface area contributed by atoms with Gasteiger partial charge in [0.2, 0.25) is 0 Å². The molecule has 0 aliphatic carbocycles. The van der Waals surface area contributed by atoms with Gasteiger partial charge in [0, 0.05) is 7.05 Å². The first kappa shape index (κ1) is 11.3. The molecule has 0 amide bonds. The summed E-state index contributed by atoms with van der Waals surface area (Å²) in [7, 11) is 2.07. The third-order valence-electron chi connectivity index (χ3n) is 1.59. The fourth-order valence-electron chi connectivity index (χ4n) is 0.865. The second-order valence-corrected chi connectivity index (χ2v) is 3.01. The number of hydrogen-bond acceptors (Lipinski definition) is 1. The van der Waals surface area contributed by atoms with E-state index in [1.807, 2.05) is 0 Å². The Morgan fingerprint density at radius 1 is 0.917 bits per heavy atom. The molecule has 0 aliphatic rings. The van der Waals surface area contributed by atoms with Gasteiger partial charge in [0.1, 0.15) is 0 Å². The first-order valence-electron chi connectivity index (χ1n) is 4.86. The maximum Gasteiger partial charge on any atom is 0.0106 e. The molecule has 0 heterocycles. The summed E-state index contributed by atoms with van der Waals surface area (Å²) < 4.78 is 0. The van der Waals surface area contributed by atoms with Gasteiger partial charge in [0.15, 0.2) is 0 Å². The summed E-state index contributed by atoms with van der Waals surface area (Å²) >= 11 is 0. The Kier molecular flexibility index (Phi) is 7.87. The monoisotopic (exact) mass is 167 g/mol. The summed E-state index contributed by atoms with van der Waals surface area (Å²) in [6.07, 6.45) is 13.4. The Balaban J connectivity index is 3.50. The van der Waals surface area contributed by atoms with Crippen LogP contribution in [-0.2, 0) is 0 Å². The van der Waals surface area contributed by atoms with Gasteiger partial charge < -0.3 is 4.90 Å². The Morgan fingerprint density at radius 3 is 1.67 bits per heavy atom. The first-order valence-corrected chi connectivity index (χ1v) is 4.86. The van der Waals surface area contributed by atoms with E-state index in [2.05, 4.69) is 50.3 Å². The van der Waals surface area contributed by atoms with E-state index in [9.17, 15) is 0 Å². The van der Waals surface area contributed by atoms with E-state index in [-0.39, 0.29) is 0 Å². The Bertz CT molecular complexity index is 120. The zero-order valence-electron chi connectivity index (χ0n) is 8.59. The van der Waals surface area contributed by atoms with E-state index < -0.39 is 0 Å². The highest BCUT2D eigenvalue weighted by Gasteiger charge is 1.80. The van der Waals surface area contributed by atoms with Gasteiger partial charge >= 0.3 is 0 Å². The zero-order valence-corrected chi connectivity index (χ0v) is 8.59. The summed E-state index contributed by atoms with van der Waals surface area (Å²) in [5.74, 6) is 0. The first-order chi connectivity index (χ1) is 5.81. The van der Waals surface area contributed by atoms with Crippen LogP contribution in [-0.4, -0.2) is 11.9 Å². The van der Waals surface area contributed by atoms with Crippen LogP contribution in [0.5, 0.6) is 0 Å². The zero-order chi connectivity index (χ0) is 9.23. The van der Waals surface area contributed by atoms with Gasteiger partial charge in [0.05, 0.1) is 0 Å². The third-order valence-corrected chi connectivity index (χ3v) is 1.59. The van der Waals surface area contributed by atoms with Crippen LogP contribution >= 0.6 is 0 Å². The van der Waals surface area contributed by atoms with Gasteiger partial charge in [-0.05, 0) is 25.2 Å². The van der Waals surface area contributed by atoms with Crippen molar-refractivity contribution in [1.29, 1.82) is 0 Å². The van der Waals surface area contributed by atoms with Crippen LogP contribution in [0.2, 0.25) is 0 Å². The minimum absolute atomic E-state index is 1.17. The molecule has 1 heteroatoms. The van der Waals surface area contributed by atoms with Crippen molar-refractivity contribution in [2.24, 2.45) is 0 Å². The molecule has 0 aromatic heterocycles. The average molecular weight is 167 g/mol. The quantitative estimate of drug-likeness (QED) is 0.585. The lowest BCUT2D eigenvalue weighted by Crippen LogP contribution is -1.99. The molecule has 1 nitrogen and oxygen atoms in total. The Hall–Kier alpha value is -0.720. The van der Waals surface area contributed by atoms with E-state index in [0.717, 1.165) is 0 Å². The van der Waals surface area contributed by atoms with E-state index in [1.165, 1.54) is 25.7 Å². The predicted octanol–water partition coefficient (Wildman–Crippen LogP) is 3.55. The minimum atomic E-state index is 1.17. The fraction of sp³-hybridized carbons (Fsp3) is 0.636. The molecule has 12 heavy (non-hydrogen) atoms. The molecule has 0 radical (unpaired) electrons. The standard InChI is InChI=1S/C11H21N/c1-4-6-8-10-12(3)11-9-7-5-2/h8-11H,4-7H2,1-3H3. The van der Waals surface area contributed by atoms with Gasteiger partial charge in [-0.15, -0.1) is 0 Å². The molecule has 70 valence electrons. The van der Waals surface area contributed by atoms with Crippen LogP contribution in [0.15, 0.2) is 24.6 Å². The van der Waals surface area contributed by atoms with Crippen molar-refractivity contribution in [1.82, 2.24) is 4.90 Å². The normalized spacial score (nSPS) is 11.6. The lowest BCUT2D eigenvalue weighted by Gasteiger charge is -2.05. The van der Waals surface area contributed by atoms with Crippen LogP contribution in [0.3, 0.4) is 0 Å². The molecular weight excluding hydrogens is 146 g/mol. The number of allylic oxidation sites excluding steroid dienone is 2. The fourth-order valence-corrected chi connectivity index (χ4v) is 0.865. The summed E-state index contributed by atoms with van der Waals surface area (Å²) in [6.45, 7) is 4.38. The number of rotatable bonds is 6. The highest BCUT2D eigenvalue weighted by molar-refractivity contribution is 4.89. The third kappa shape index (κ3) is 7.39. The molecule has 0 saturated carbocycles. The maximum absolute atomic E-state index is 2.20. The van der Waals surface area contributed by atoms with Gasteiger partial charge in [-0.2, -0.15) is 0 Å². The molecular formula is C11H21N. The average Bonchev–Trinajstić information content (AvgIpc) is 2.06. The van der Waals surface area contributed by atoms with Crippen molar-refractivity contribution < 1.29 is 0 Å². The molecule has 0 aliphatic heterocycles. The van der Waals surface area contributed by atoms with Crippen molar-refractivity contribution in [3.63, 3.8) is 0 Å². The topological polar surface area (TPSA) is 3.24 Å². The Morgan fingerprint density at radius 2 is 1.33 bits per heavy atom. The summed E-state index contributed by atoms with van der Waals surface area (Å²) in [4.78, 5) is 2.10. The van der Waals surface area contributed by atoms with Crippen LogP contribution in [0.1, 0.15) is 39.5 Å². The van der Waals surface area contributed by atoms with Crippen molar-refractivity contribution in [2.45, 2.75) is 39.5 Å². The van der Waals surface area contributed by atoms with E-state index in [4.69, 9.17) is 0 Å². The van der Waals surface area contributed by atoms with Crippen molar-refractivity contribution >= 4 is 0 Å². The molecule has 0 saturated heterocycles. The predicted molar refractivity (Wildman–Crippen MR) is 55.9 cm³/mol. The number of hydrogen-bond donors (Lipinski definition) is 0. The summed E-state index contributed by atoms with van der Waals surface area (Å²) in [6, 6.07) is 0. The van der Waals surface area contributed by atoms with Crippen molar-refractivity contribution in [3.05, 3.63) is 24.6 Å². The molecule has 0 aromatic rings. The van der Waals surface area contributed by atoms with Crippen LogP contribution in [0.25, 0.3) is 0 Å². The highest BCUT2D eigenvalue weighted by atomic mass is 15.0. The lowest BCUT2D eigenvalue weighted by atomic mass is 10.3. The number of unbranched alkanes of at least 4 members (excludes halogenated alkanes) is 2. The van der Waals surface area contributed by atoms with E-state index in [1.54, 1.807) is 0 Å². The second-order valence-electron chi connectivity index (χ2n) is 3.01. The number of nitrogens with zero attached hydrogens (tertiary/aromatic N) is 1. The molecule has 0 rings (SSSR count). The second kappa shape index (κ2) is 8.38. The Labute approximate surface area is 76.8 Å². The maximum atomic E-state index is 2.20. The van der Waals surface area contributed by atoms with Gasteiger partial charge in [-0.1, -0.05) is 38.8 Å².